The van der Waals surface area contributed by atoms with Crippen molar-refractivity contribution in [3.8, 4) is 11.5 Å². The zero-order valence-corrected chi connectivity index (χ0v) is 15.8. The number of sulfonamides is 1. The first-order chi connectivity index (χ1) is 12.5. The van der Waals surface area contributed by atoms with Crippen molar-refractivity contribution < 1.29 is 17.9 Å². The summed E-state index contributed by atoms with van der Waals surface area (Å²) in [6, 6.07) is 14.2. The third-order valence-corrected chi connectivity index (χ3v) is 6.40. The maximum absolute atomic E-state index is 12.8. The Labute approximate surface area is 154 Å². The zero-order valence-electron chi connectivity index (χ0n) is 15.0. The number of anilines is 1. The quantitative estimate of drug-likeness (QED) is 0.839. The van der Waals surface area contributed by atoms with Gasteiger partial charge in [-0.15, -0.1) is 0 Å². The molecule has 0 spiro atoms. The first kappa shape index (κ1) is 18.5. The van der Waals surface area contributed by atoms with Crippen molar-refractivity contribution in [2.75, 3.05) is 32.6 Å². The van der Waals surface area contributed by atoms with Crippen LogP contribution in [0.15, 0.2) is 53.4 Å². The number of hydrogen-bond donors (Lipinski definition) is 1. The third kappa shape index (κ3) is 3.94. The molecule has 1 unspecified atom stereocenters. The molecule has 2 aromatic carbocycles. The van der Waals surface area contributed by atoms with Gasteiger partial charge in [-0.3, -0.25) is 0 Å². The Morgan fingerprint density at radius 1 is 1.04 bits per heavy atom. The second kappa shape index (κ2) is 7.97. The Balaban J connectivity index is 1.73. The van der Waals surface area contributed by atoms with Gasteiger partial charge in [0, 0.05) is 30.9 Å². The predicted octanol–water partition coefficient (Wildman–Crippen LogP) is 2.97. The fraction of sp³-hybridized carbons (Fsp3) is 0.368. The van der Waals surface area contributed by atoms with E-state index in [1.165, 1.54) is 0 Å². The third-order valence-electron chi connectivity index (χ3n) is 4.52. The van der Waals surface area contributed by atoms with Crippen molar-refractivity contribution in [1.82, 2.24) is 4.31 Å². The van der Waals surface area contributed by atoms with Gasteiger partial charge >= 0.3 is 0 Å². The highest BCUT2D eigenvalue weighted by atomic mass is 32.2. The Morgan fingerprint density at radius 2 is 1.77 bits per heavy atom. The molecule has 2 aromatic rings. The van der Waals surface area contributed by atoms with Crippen LogP contribution < -0.4 is 14.8 Å². The second-order valence-electron chi connectivity index (χ2n) is 6.23. The van der Waals surface area contributed by atoms with E-state index in [4.69, 9.17) is 9.47 Å². The van der Waals surface area contributed by atoms with Gasteiger partial charge in [0.05, 0.1) is 19.1 Å². The monoisotopic (exact) mass is 376 g/mol. The van der Waals surface area contributed by atoms with Gasteiger partial charge in [-0.25, -0.2) is 8.42 Å². The minimum atomic E-state index is -3.46. The number of piperidine rings is 1. The summed E-state index contributed by atoms with van der Waals surface area (Å²) in [5.41, 5.74) is 0.881. The summed E-state index contributed by atoms with van der Waals surface area (Å²) >= 11 is 0. The largest absolute Gasteiger partial charge is 0.493 e. The molecule has 6 nitrogen and oxygen atoms in total. The summed E-state index contributed by atoms with van der Waals surface area (Å²) in [6.45, 7) is 0.979. The average Bonchev–Trinajstić information content (AvgIpc) is 2.68. The van der Waals surface area contributed by atoms with Gasteiger partial charge in [0.1, 0.15) is 0 Å². The molecule has 3 rings (SSSR count). The van der Waals surface area contributed by atoms with Crippen LogP contribution in [0.4, 0.5) is 5.69 Å². The minimum Gasteiger partial charge on any atom is -0.493 e. The fourth-order valence-corrected chi connectivity index (χ4v) is 4.73. The molecule has 1 heterocycles. The number of ether oxygens (including phenoxy) is 2. The van der Waals surface area contributed by atoms with Gasteiger partial charge < -0.3 is 14.8 Å². The van der Waals surface area contributed by atoms with Crippen LogP contribution >= 0.6 is 0 Å². The van der Waals surface area contributed by atoms with Crippen LogP contribution in [0.25, 0.3) is 0 Å². The van der Waals surface area contributed by atoms with E-state index < -0.39 is 10.0 Å². The van der Waals surface area contributed by atoms with Crippen LogP contribution in [0.3, 0.4) is 0 Å². The van der Waals surface area contributed by atoms with Gasteiger partial charge in [-0.05, 0) is 37.1 Å². The number of methoxy groups -OCH3 is 2. The van der Waals surface area contributed by atoms with Crippen molar-refractivity contribution >= 4 is 15.7 Å². The molecule has 0 radical (unpaired) electrons. The standard InChI is InChI=1S/C19H24N2O4S/c1-24-18-11-10-15(13-19(18)25-2)20-16-7-6-12-21(14-16)26(22,23)17-8-4-3-5-9-17/h3-5,8-11,13,16,20H,6-7,12,14H2,1-2H3. The maximum atomic E-state index is 12.8. The maximum Gasteiger partial charge on any atom is 0.243 e. The van der Waals surface area contributed by atoms with Gasteiger partial charge in [-0.1, -0.05) is 18.2 Å². The van der Waals surface area contributed by atoms with Crippen molar-refractivity contribution in [3.05, 3.63) is 48.5 Å². The lowest BCUT2D eigenvalue weighted by atomic mass is 10.1. The summed E-state index contributed by atoms with van der Waals surface area (Å²) in [5, 5.41) is 3.42. The van der Waals surface area contributed by atoms with E-state index in [2.05, 4.69) is 5.32 Å². The Morgan fingerprint density at radius 3 is 2.46 bits per heavy atom. The fourth-order valence-electron chi connectivity index (χ4n) is 3.18. The lowest BCUT2D eigenvalue weighted by molar-refractivity contribution is 0.327. The number of hydrogen-bond acceptors (Lipinski definition) is 5. The Hall–Kier alpha value is -2.25. The van der Waals surface area contributed by atoms with Gasteiger partial charge in [0.2, 0.25) is 10.0 Å². The summed E-state index contributed by atoms with van der Waals surface area (Å²) in [7, 11) is -0.273. The van der Waals surface area contributed by atoms with Crippen molar-refractivity contribution in [3.63, 3.8) is 0 Å². The van der Waals surface area contributed by atoms with Crippen LogP contribution in [-0.4, -0.2) is 46.1 Å². The van der Waals surface area contributed by atoms with Crippen molar-refractivity contribution in [2.24, 2.45) is 0 Å². The predicted molar refractivity (Wildman–Crippen MR) is 101 cm³/mol. The minimum absolute atomic E-state index is 0.0420. The molecule has 1 atom stereocenters. The summed E-state index contributed by atoms with van der Waals surface area (Å²) in [4.78, 5) is 0.340. The number of nitrogens with zero attached hydrogens (tertiary/aromatic N) is 1. The molecule has 0 aliphatic carbocycles. The number of benzene rings is 2. The average molecular weight is 376 g/mol. The van der Waals surface area contributed by atoms with Gasteiger partial charge in [-0.2, -0.15) is 4.31 Å². The van der Waals surface area contributed by atoms with Crippen LogP contribution in [0.5, 0.6) is 11.5 Å². The van der Waals surface area contributed by atoms with E-state index in [0.717, 1.165) is 18.5 Å². The first-order valence-electron chi connectivity index (χ1n) is 8.58. The molecular weight excluding hydrogens is 352 g/mol. The van der Waals surface area contributed by atoms with E-state index in [1.54, 1.807) is 42.8 Å². The molecule has 1 fully saturated rings. The van der Waals surface area contributed by atoms with Crippen LogP contribution in [0, 0.1) is 0 Å². The normalized spacial score (nSPS) is 18.3. The van der Waals surface area contributed by atoms with E-state index in [0.29, 0.717) is 29.5 Å². The summed E-state index contributed by atoms with van der Waals surface area (Å²) in [6.07, 6.45) is 1.73. The molecule has 1 saturated heterocycles. The molecule has 0 bridgehead atoms. The lowest BCUT2D eigenvalue weighted by Gasteiger charge is -2.33. The Bertz CT molecular complexity index is 840. The smallest absolute Gasteiger partial charge is 0.243 e. The van der Waals surface area contributed by atoms with Crippen LogP contribution in [0.2, 0.25) is 0 Å². The van der Waals surface area contributed by atoms with Crippen molar-refractivity contribution in [2.45, 2.75) is 23.8 Å². The molecule has 140 valence electrons. The van der Waals surface area contributed by atoms with E-state index in [9.17, 15) is 8.42 Å². The lowest BCUT2D eigenvalue weighted by Crippen LogP contribution is -2.45. The molecule has 0 saturated carbocycles. The highest BCUT2D eigenvalue weighted by Gasteiger charge is 2.30. The topological polar surface area (TPSA) is 67.9 Å². The van der Waals surface area contributed by atoms with Gasteiger partial charge in [0.15, 0.2) is 11.5 Å². The SMILES string of the molecule is COc1ccc(NC2CCCN(S(=O)(=O)c3ccccc3)C2)cc1OC. The molecule has 1 N–H and O–H groups in total. The molecule has 26 heavy (non-hydrogen) atoms. The first-order valence-corrected chi connectivity index (χ1v) is 10.0. The Kier molecular flexibility index (Phi) is 5.68. The van der Waals surface area contributed by atoms with E-state index in [-0.39, 0.29) is 6.04 Å². The van der Waals surface area contributed by atoms with Gasteiger partial charge in [0.25, 0.3) is 0 Å². The molecule has 1 aliphatic rings. The van der Waals surface area contributed by atoms with Crippen LogP contribution in [-0.2, 0) is 10.0 Å². The molecule has 0 aromatic heterocycles. The molecule has 7 heteroatoms. The van der Waals surface area contributed by atoms with Crippen LogP contribution in [0.1, 0.15) is 12.8 Å². The summed E-state index contributed by atoms with van der Waals surface area (Å²) in [5.74, 6) is 1.30. The second-order valence-corrected chi connectivity index (χ2v) is 8.17. The van der Waals surface area contributed by atoms with Crippen molar-refractivity contribution in [1.29, 1.82) is 0 Å². The highest BCUT2D eigenvalue weighted by molar-refractivity contribution is 7.89. The molecule has 0 amide bonds. The highest BCUT2D eigenvalue weighted by Crippen LogP contribution is 2.31. The summed E-state index contributed by atoms with van der Waals surface area (Å²) < 4.78 is 37.8. The van der Waals surface area contributed by atoms with E-state index >= 15 is 0 Å². The van der Waals surface area contributed by atoms with E-state index in [1.807, 2.05) is 24.3 Å². The number of nitrogens with one attached hydrogen (secondary N) is 1. The molecule has 1 aliphatic heterocycles. The zero-order chi connectivity index (χ0) is 18.6. The molecular formula is C19H24N2O4S. The number of rotatable bonds is 6.